The van der Waals surface area contributed by atoms with Gasteiger partial charge in [0.05, 0.1) is 0 Å². The molecule has 0 saturated heterocycles. The van der Waals surface area contributed by atoms with Gasteiger partial charge in [0, 0.05) is 56.5 Å². The molecule has 3 rings (SSSR count). The van der Waals surface area contributed by atoms with Gasteiger partial charge in [-0.2, -0.15) is 4.57 Å². The summed E-state index contributed by atoms with van der Waals surface area (Å²) in [6.07, 6.45) is 0.994. The highest BCUT2D eigenvalue weighted by molar-refractivity contribution is 5.37. The Morgan fingerprint density at radius 3 is 1.89 bits per heavy atom. The van der Waals surface area contributed by atoms with Gasteiger partial charge in [-0.3, -0.25) is 0 Å². The van der Waals surface area contributed by atoms with E-state index in [9.17, 15) is 0 Å². The molecule has 0 aliphatic heterocycles. The molecule has 2 aromatic heterocycles. The molecular formula is C25H32N2+2. The predicted octanol–water partition coefficient (Wildman–Crippen LogP) is 4.29. The van der Waals surface area contributed by atoms with E-state index in [1.165, 1.54) is 50.6 Å². The Bertz CT molecular complexity index is 985. The first-order valence-electron chi connectivity index (χ1n) is 9.78. The van der Waals surface area contributed by atoms with Crippen molar-refractivity contribution in [3.63, 3.8) is 0 Å². The Balaban J connectivity index is 1.99. The number of pyridine rings is 2. The highest BCUT2D eigenvalue weighted by Gasteiger charge is 2.20. The van der Waals surface area contributed by atoms with Gasteiger partial charge in [0.1, 0.15) is 7.05 Å². The van der Waals surface area contributed by atoms with Crippen LogP contribution < -0.4 is 9.13 Å². The molecule has 2 heterocycles. The summed E-state index contributed by atoms with van der Waals surface area (Å²) in [5.74, 6) is 0. The average molecular weight is 361 g/mol. The zero-order valence-electron chi connectivity index (χ0n) is 17.9. The molecule has 2 nitrogen and oxygen atoms in total. The Morgan fingerprint density at radius 2 is 1.26 bits per heavy atom. The summed E-state index contributed by atoms with van der Waals surface area (Å²) in [6, 6.07) is 15.4. The van der Waals surface area contributed by atoms with Crippen molar-refractivity contribution in [2.24, 2.45) is 7.05 Å². The Morgan fingerprint density at radius 1 is 0.704 bits per heavy atom. The molecule has 0 fully saturated rings. The van der Waals surface area contributed by atoms with Crippen molar-refractivity contribution in [3.05, 3.63) is 93.1 Å². The minimum absolute atomic E-state index is 0.929. The molecule has 0 aliphatic rings. The number of hydrogen-bond acceptors (Lipinski definition) is 0. The number of rotatable bonds is 4. The molecule has 3 aromatic rings. The summed E-state index contributed by atoms with van der Waals surface area (Å²) in [6.45, 7) is 14.3. The molecule has 0 N–H and O–H groups in total. The molecule has 27 heavy (non-hydrogen) atoms. The van der Waals surface area contributed by atoms with Crippen LogP contribution >= 0.6 is 0 Å². The van der Waals surface area contributed by atoms with E-state index in [1.807, 2.05) is 0 Å². The van der Waals surface area contributed by atoms with Crippen molar-refractivity contribution >= 4 is 0 Å². The minimum Gasteiger partial charge on any atom is -0.203 e. The normalized spacial score (nSPS) is 11.1. The standard InChI is InChI=1S/C25H32N2/c1-17-13-24(19(3)21(5)26(17)7)15-25-14-18(2)27(22(6)20(25)4)16-23-11-9-8-10-12-23/h8-14H,15-16H2,1-7H3/q+2. The van der Waals surface area contributed by atoms with E-state index < -0.39 is 0 Å². The molecular weight excluding hydrogens is 328 g/mol. The van der Waals surface area contributed by atoms with Gasteiger partial charge in [-0.05, 0) is 31.4 Å². The van der Waals surface area contributed by atoms with E-state index in [2.05, 4.69) is 100 Å². The van der Waals surface area contributed by atoms with Crippen LogP contribution in [-0.4, -0.2) is 0 Å². The molecule has 0 unspecified atom stereocenters. The van der Waals surface area contributed by atoms with Crippen LogP contribution in [0.25, 0.3) is 0 Å². The summed E-state index contributed by atoms with van der Waals surface area (Å²) in [5, 5.41) is 0. The lowest BCUT2D eigenvalue weighted by atomic mass is 9.95. The predicted molar refractivity (Wildman–Crippen MR) is 111 cm³/mol. The van der Waals surface area contributed by atoms with Crippen LogP contribution in [-0.2, 0) is 20.0 Å². The number of hydrogen-bond donors (Lipinski definition) is 0. The number of aryl methyl sites for hydroxylation is 2. The topological polar surface area (TPSA) is 7.76 Å². The van der Waals surface area contributed by atoms with Gasteiger partial charge >= 0.3 is 0 Å². The highest BCUT2D eigenvalue weighted by atomic mass is 15.0. The lowest BCUT2D eigenvalue weighted by molar-refractivity contribution is -0.700. The summed E-state index contributed by atoms with van der Waals surface area (Å²) in [4.78, 5) is 0. The van der Waals surface area contributed by atoms with Gasteiger partial charge in [0.2, 0.25) is 0 Å². The maximum absolute atomic E-state index is 2.43. The first kappa shape index (κ1) is 19.3. The van der Waals surface area contributed by atoms with Crippen LogP contribution in [0.15, 0.2) is 42.5 Å². The van der Waals surface area contributed by atoms with E-state index in [-0.39, 0.29) is 0 Å². The third-order valence-electron chi connectivity index (χ3n) is 6.24. The second-order valence-electron chi connectivity index (χ2n) is 7.85. The van der Waals surface area contributed by atoms with E-state index in [0.717, 1.165) is 13.0 Å². The fourth-order valence-electron chi connectivity index (χ4n) is 3.93. The van der Waals surface area contributed by atoms with Crippen molar-refractivity contribution in [1.29, 1.82) is 0 Å². The Labute approximate surface area is 164 Å². The van der Waals surface area contributed by atoms with Crippen LogP contribution in [0.5, 0.6) is 0 Å². The minimum atomic E-state index is 0.929. The first-order chi connectivity index (χ1) is 12.8. The second-order valence-corrected chi connectivity index (χ2v) is 7.85. The summed E-state index contributed by atoms with van der Waals surface area (Å²) >= 11 is 0. The Kier molecular flexibility index (Phi) is 5.46. The molecule has 1 aromatic carbocycles. The quantitative estimate of drug-likeness (QED) is 0.613. The maximum atomic E-state index is 2.43. The second kappa shape index (κ2) is 7.64. The lowest BCUT2D eigenvalue weighted by Crippen LogP contribution is -2.42. The van der Waals surface area contributed by atoms with E-state index in [0.29, 0.717) is 0 Å². The van der Waals surface area contributed by atoms with Gasteiger partial charge in [-0.25, -0.2) is 4.57 Å². The maximum Gasteiger partial charge on any atom is 0.181 e. The SMILES string of the molecule is Cc1c(Cc2cc(C)[n+](Cc3ccccc3)c(C)c2C)cc(C)[n+](C)c1C. The summed E-state index contributed by atoms with van der Waals surface area (Å²) in [7, 11) is 2.15. The van der Waals surface area contributed by atoms with Gasteiger partial charge in [0.25, 0.3) is 0 Å². The lowest BCUT2D eigenvalue weighted by Gasteiger charge is -2.14. The van der Waals surface area contributed by atoms with Crippen LogP contribution in [0, 0.1) is 41.5 Å². The van der Waals surface area contributed by atoms with Gasteiger partial charge < -0.3 is 0 Å². The molecule has 0 radical (unpaired) electrons. The van der Waals surface area contributed by atoms with Gasteiger partial charge in [0.15, 0.2) is 29.3 Å². The summed E-state index contributed by atoms with van der Waals surface area (Å²) in [5.41, 5.74) is 12.4. The van der Waals surface area contributed by atoms with Gasteiger partial charge in [-0.1, -0.05) is 30.3 Å². The fourth-order valence-corrected chi connectivity index (χ4v) is 3.93. The fraction of sp³-hybridized carbons (Fsp3) is 0.360. The van der Waals surface area contributed by atoms with Crippen LogP contribution in [0.4, 0.5) is 0 Å². The third kappa shape index (κ3) is 3.80. The van der Waals surface area contributed by atoms with Gasteiger partial charge in [-0.15, -0.1) is 0 Å². The zero-order valence-corrected chi connectivity index (χ0v) is 17.9. The molecule has 0 bridgehead atoms. The molecule has 0 saturated carbocycles. The molecule has 0 amide bonds. The number of benzene rings is 1. The monoisotopic (exact) mass is 360 g/mol. The van der Waals surface area contributed by atoms with E-state index >= 15 is 0 Å². The van der Waals surface area contributed by atoms with Crippen molar-refractivity contribution in [2.45, 2.75) is 54.5 Å². The smallest absolute Gasteiger partial charge is 0.181 e. The van der Waals surface area contributed by atoms with Crippen molar-refractivity contribution < 1.29 is 9.13 Å². The molecule has 0 atom stereocenters. The van der Waals surface area contributed by atoms with Crippen LogP contribution in [0.2, 0.25) is 0 Å². The number of nitrogens with zero attached hydrogens (tertiary/aromatic N) is 2. The molecule has 2 heteroatoms. The largest absolute Gasteiger partial charge is 0.203 e. The highest BCUT2D eigenvalue weighted by Crippen LogP contribution is 2.20. The van der Waals surface area contributed by atoms with E-state index in [1.54, 1.807) is 0 Å². The average Bonchev–Trinajstić information content (AvgIpc) is 2.66. The van der Waals surface area contributed by atoms with Crippen molar-refractivity contribution in [3.8, 4) is 0 Å². The summed E-state index contributed by atoms with van der Waals surface area (Å²) < 4.78 is 4.71. The van der Waals surface area contributed by atoms with E-state index in [4.69, 9.17) is 0 Å². The van der Waals surface area contributed by atoms with Crippen LogP contribution in [0.1, 0.15) is 50.6 Å². The van der Waals surface area contributed by atoms with Crippen LogP contribution in [0.3, 0.4) is 0 Å². The molecule has 0 aliphatic carbocycles. The molecule has 140 valence electrons. The third-order valence-corrected chi connectivity index (χ3v) is 6.24. The Hall–Kier alpha value is -2.48. The first-order valence-corrected chi connectivity index (χ1v) is 9.78. The molecule has 0 spiro atoms. The van der Waals surface area contributed by atoms with Crippen molar-refractivity contribution in [2.75, 3.05) is 0 Å². The number of aromatic nitrogens is 2. The zero-order chi connectivity index (χ0) is 19.7. The van der Waals surface area contributed by atoms with Crippen molar-refractivity contribution in [1.82, 2.24) is 0 Å².